The number of likely N-dealkylation sites (tertiary alicyclic amines) is 1. The fourth-order valence-electron chi connectivity index (χ4n) is 4.46. The van der Waals surface area contributed by atoms with E-state index in [1.165, 1.54) is 25.0 Å². The lowest BCUT2D eigenvalue weighted by molar-refractivity contribution is -0.142. The Bertz CT molecular complexity index is 653. The van der Waals surface area contributed by atoms with Crippen molar-refractivity contribution in [3.05, 3.63) is 30.1 Å². The third-order valence-electron chi connectivity index (χ3n) is 6.07. The lowest BCUT2D eigenvalue weighted by Crippen LogP contribution is -2.59. The molecule has 0 N–H and O–H groups in total. The van der Waals surface area contributed by atoms with Crippen LogP contribution in [-0.4, -0.2) is 81.0 Å². The van der Waals surface area contributed by atoms with Gasteiger partial charge in [-0.3, -0.25) is 9.69 Å². The summed E-state index contributed by atoms with van der Waals surface area (Å²) in [5.41, 5.74) is 0. The molecule has 1 heterocycles. The minimum atomic E-state index is -0.381. The van der Waals surface area contributed by atoms with Crippen molar-refractivity contribution < 1.29 is 23.4 Å². The highest BCUT2D eigenvalue weighted by Crippen LogP contribution is 2.32. The van der Waals surface area contributed by atoms with Gasteiger partial charge >= 0.3 is 0 Å². The second-order valence-corrected chi connectivity index (χ2v) is 7.65. The molecule has 28 heavy (non-hydrogen) atoms. The highest BCUT2D eigenvalue weighted by atomic mass is 19.1. The number of hydrogen-bond acceptors (Lipinski definition) is 5. The number of amides is 1. The number of likely N-dealkylation sites (N-methyl/N-ethyl adjacent to an activating group) is 1. The summed E-state index contributed by atoms with van der Waals surface area (Å²) in [7, 11) is 5.24. The minimum absolute atomic E-state index is 0.0260. The van der Waals surface area contributed by atoms with Crippen LogP contribution in [0, 0.1) is 5.82 Å². The van der Waals surface area contributed by atoms with Gasteiger partial charge in [-0.05, 0) is 50.9 Å². The molecule has 1 aromatic rings. The molecule has 0 spiro atoms. The summed E-state index contributed by atoms with van der Waals surface area (Å²) in [5.74, 6) is -0.145. The molecule has 156 valence electrons. The van der Waals surface area contributed by atoms with E-state index in [-0.39, 0.29) is 42.6 Å². The van der Waals surface area contributed by atoms with Gasteiger partial charge in [0, 0.05) is 39.4 Å². The Morgan fingerprint density at radius 1 is 1.18 bits per heavy atom. The first-order chi connectivity index (χ1) is 13.5. The Labute approximate surface area is 166 Å². The van der Waals surface area contributed by atoms with Crippen LogP contribution in [0.4, 0.5) is 4.39 Å². The van der Waals surface area contributed by atoms with Crippen molar-refractivity contribution in [1.29, 1.82) is 0 Å². The normalized spacial score (nSPS) is 28.3. The van der Waals surface area contributed by atoms with Crippen molar-refractivity contribution in [2.24, 2.45) is 0 Å². The molecule has 1 aromatic carbocycles. The summed E-state index contributed by atoms with van der Waals surface area (Å²) in [5, 5.41) is 0. The van der Waals surface area contributed by atoms with Crippen molar-refractivity contribution in [3.63, 3.8) is 0 Å². The van der Waals surface area contributed by atoms with E-state index in [0.29, 0.717) is 5.75 Å². The number of carbonyl (C=O) groups excluding carboxylic acids is 1. The van der Waals surface area contributed by atoms with Crippen LogP contribution in [-0.2, 0) is 14.3 Å². The Kier molecular flexibility index (Phi) is 7.26. The topological polar surface area (TPSA) is 51.2 Å². The van der Waals surface area contributed by atoms with Crippen molar-refractivity contribution in [3.8, 4) is 5.75 Å². The molecule has 1 saturated heterocycles. The van der Waals surface area contributed by atoms with Crippen LogP contribution in [0.3, 0.4) is 0 Å². The Morgan fingerprint density at radius 3 is 2.50 bits per heavy atom. The molecule has 0 aromatic heterocycles. The highest BCUT2D eigenvalue weighted by Gasteiger charge is 2.43. The molecular formula is C21H31FN2O4. The predicted molar refractivity (Wildman–Crippen MR) is 104 cm³/mol. The smallest absolute Gasteiger partial charge is 0.260 e. The molecule has 3 rings (SSSR count). The monoisotopic (exact) mass is 394 g/mol. The number of ether oxygens (including phenoxy) is 3. The maximum absolute atomic E-state index is 13.3. The molecule has 1 aliphatic heterocycles. The third kappa shape index (κ3) is 4.82. The fraction of sp³-hybridized carbons (Fsp3) is 0.667. The van der Waals surface area contributed by atoms with E-state index in [2.05, 4.69) is 4.90 Å². The molecule has 1 aliphatic carbocycles. The Morgan fingerprint density at radius 2 is 1.86 bits per heavy atom. The van der Waals surface area contributed by atoms with E-state index in [0.717, 1.165) is 25.9 Å². The van der Waals surface area contributed by atoms with E-state index in [4.69, 9.17) is 14.2 Å². The van der Waals surface area contributed by atoms with Gasteiger partial charge in [-0.15, -0.1) is 0 Å². The number of halogens is 1. The zero-order valence-corrected chi connectivity index (χ0v) is 17.0. The predicted octanol–water partition coefficient (Wildman–Crippen LogP) is 2.32. The molecule has 2 fully saturated rings. The average Bonchev–Trinajstić information content (AvgIpc) is 3.25. The number of nitrogens with zero attached hydrogens (tertiary/aromatic N) is 2. The summed E-state index contributed by atoms with van der Waals surface area (Å²) < 4.78 is 30.2. The van der Waals surface area contributed by atoms with E-state index >= 15 is 0 Å². The van der Waals surface area contributed by atoms with Crippen molar-refractivity contribution >= 4 is 5.91 Å². The van der Waals surface area contributed by atoms with Gasteiger partial charge in [0.25, 0.3) is 5.91 Å². The van der Waals surface area contributed by atoms with Crippen LogP contribution >= 0.6 is 0 Å². The van der Waals surface area contributed by atoms with Crippen LogP contribution in [0.5, 0.6) is 5.75 Å². The molecule has 2 aliphatic rings. The van der Waals surface area contributed by atoms with Gasteiger partial charge in [-0.25, -0.2) is 4.39 Å². The van der Waals surface area contributed by atoms with Gasteiger partial charge in [-0.1, -0.05) is 6.07 Å². The average molecular weight is 394 g/mol. The molecule has 1 amide bonds. The first-order valence-corrected chi connectivity index (χ1v) is 9.97. The molecular weight excluding hydrogens is 363 g/mol. The largest absolute Gasteiger partial charge is 0.484 e. The second kappa shape index (κ2) is 9.67. The standard InChI is InChI=1S/C21H31FN2O4/c1-23(21(25)14-28-16-8-6-7-15(22)11-16)17-12-19(26-2)20(27-3)13-18(17)24-9-4-5-10-24/h6-8,11,17-20H,4-5,9-10,12-14H2,1-3H3/t17-,18-,19+,20-/m1/s1. The maximum Gasteiger partial charge on any atom is 0.260 e. The molecule has 0 radical (unpaired) electrons. The summed E-state index contributed by atoms with van der Waals surface area (Å²) in [6.07, 6.45) is 3.91. The molecule has 6 nitrogen and oxygen atoms in total. The summed E-state index contributed by atoms with van der Waals surface area (Å²) in [6.45, 7) is 1.99. The number of methoxy groups -OCH3 is 2. The number of rotatable bonds is 7. The quantitative estimate of drug-likeness (QED) is 0.710. The van der Waals surface area contributed by atoms with Crippen LogP contribution in [0.1, 0.15) is 25.7 Å². The van der Waals surface area contributed by atoms with Crippen molar-refractivity contribution in [1.82, 2.24) is 9.80 Å². The summed E-state index contributed by atoms with van der Waals surface area (Å²) >= 11 is 0. The molecule has 0 unspecified atom stereocenters. The maximum atomic E-state index is 13.3. The van der Waals surface area contributed by atoms with E-state index in [1.54, 1.807) is 31.3 Å². The molecule has 7 heteroatoms. The lowest BCUT2D eigenvalue weighted by atomic mass is 9.84. The van der Waals surface area contributed by atoms with E-state index in [1.807, 2.05) is 7.05 Å². The molecule has 0 bridgehead atoms. The first-order valence-electron chi connectivity index (χ1n) is 9.97. The second-order valence-electron chi connectivity index (χ2n) is 7.65. The van der Waals surface area contributed by atoms with Crippen LogP contribution in [0.15, 0.2) is 24.3 Å². The summed E-state index contributed by atoms with van der Waals surface area (Å²) in [4.78, 5) is 17.1. The zero-order chi connectivity index (χ0) is 20.1. The molecule has 4 atom stereocenters. The number of benzene rings is 1. The number of hydrogen-bond donors (Lipinski definition) is 0. The fourth-order valence-corrected chi connectivity index (χ4v) is 4.46. The van der Waals surface area contributed by atoms with Crippen molar-refractivity contribution in [2.75, 3.05) is 41.0 Å². The van der Waals surface area contributed by atoms with Gasteiger partial charge in [0.05, 0.1) is 12.2 Å². The zero-order valence-electron chi connectivity index (χ0n) is 17.0. The van der Waals surface area contributed by atoms with Crippen LogP contribution < -0.4 is 4.74 Å². The van der Waals surface area contributed by atoms with Crippen LogP contribution in [0.25, 0.3) is 0 Å². The molecule has 1 saturated carbocycles. The van der Waals surface area contributed by atoms with Gasteiger partial charge in [-0.2, -0.15) is 0 Å². The Hall–Kier alpha value is -1.70. The van der Waals surface area contributed by atoms with Gasteiger partial charge in [0.15, 0.2) is 6.61 Å². The van der Waals surface area contributed by atoms with Gasteiger partial charge < -0.3 is 19.1 Å². The lowest BCUT2D eigenvalue weighted by Gasteiger charge is -2.47. The minimum Gasteiger partial charge on any atom is -0.484 e. The Balaban J connectivity index is 1.68. The van der Waals surface area contributed by atoms with E-state index in [9.17, 15) is 9.18 Å². The first kappa shape index (κ1) is 21.0. The highest BCUT2D eigenvalue weighted by molar-refractivity contribution is 5.78. The van der Waals surface area contributed by atoms with Gasteiger partial charge in [0.2, 0.25) is 0 Å². The van der Waals surface area contributed by atoms with Gasteiger partial charge in [0.1, 0.15) is 11.6 Å². The van der Waals surface area contributed by atoms with Crippen LogP contribution in [0.2, 0.25) is 0 Å². The van der Waals surface area contributed by atoms with E-state index < -0.39 is 0 Å². The van der Waals surface area contributed by atoms with Crippen molar-refractivity contribution in [2.45, 2.75) is 50.0 Å². The summed E-state index contributed by atoms with van der Waals surface area (Å²) in [6, 6.07) is 6.11. The number of carbonyl (C=O) groups is 1. The SMILES string of the molecule is CO[C@H]1C[C@@H](N(C)C(=O)COc2cccc(F)c2)[C@H](N2CCCC2)C[C@H]1OC. The third-order valence-corrected chi connectivity index (χ3v) is 6.07.